The maximum Gasteiger partial charge on any atom is 0.141 e. The Kier molecular flexibility index (Phi) is 6.21. The standard InChI is InChI=1S/C16H16Br2FNO/c1-2-7-20-10-11-3-6-16(14(18)8-11)21-12-4-5-15(19)13(17)9-12/h3-6,8-9,20H,2,7,10H2,1H3. The van der Waals surface area contributed by atoms with Gasteiger partial charge in [0, 0.05) is 6.54 Å². The van der Waals surface area contributed by atoms with E-state index in [1.807, 2.05) is 18.2 Å². The largest absolute Gasteiger partial charge is 0.456 e. The van der Waals surface area contributed by atoms with E-state index in [4.69, 9.17) is 4.74 Å². The molecule has 2 nitrogen and oxygen atoms in total. The second kappa shape index (κ2) is 7.92. The molecule has 0 bridgehead atoms. The van der Waals surface area contributed by atoms with Crippen molar-refractivity contribution in [1.29, 1.82) is 0 Å². The highest BCUT2D eigenvalue weighted by Crippen LogP contribution is 2.32. The maximum absolute atomic E-state index is 13.2. The van der Waals surface area contributed by atoms with Gasteiger partial charge in [0.15, 0.2) is 0 Å². The molecule has 0 unspecified atom stereocenters. The van der Waals surface area contributed by atoms with Gasteiger partial charge in [-0.05, 0) is 80.7 Å². The first-order valence-electron chi connectivity index (χ1n) is 6.72. The average Bonchev–Trinajstić information content (AvgIpc) is 2.46. The molecule has 0 aliphatic rings. The minimum atomic E-state index is -0.307. The summed E-state index contributed by atoms with van der Waals surface area (Å²) in [5.74, 6) is 0.979. The van der Waals surface area contributed by atoms with Crippen LogP contribution in [0.25, 0.3) is 0 Å². The lowest BCUT2D eigenvalue weighted by molar-refractivity contribution is 0.476. The first kappa shape index (κ1) is 16.5. The lowest BCUT2D eigenvalue weighted by Crippen LogP contribution is -2.13. The number of benzene rings is 2. The zero-order chi connectivity index (χ0) is 15.2. The third-order valence-corrected chi connectivity index (χ3v) is 4.10. The van der Waals surface area contributed by atoms with Crippen molar-refractivity contribution >= 4 is 31.9 Å². The molecular weight excluding hydrogens is 401 g/mol. The quantitative estimate of drug-likeness (QED) is 0.615. The first-order chi connectivity index (χ1) is 10.1. The SMILES string of the molecule is CCCNCc1ccc(Oc2ccc(F)c(Br)c2)c(Br)c1. The molecule has 0 atom stereocenters. The Bertz CT molecular complexity index is 619. The van der Waals surface area contributed by atoms with Gasteiger partial charge in [-0.1, -0.05) is 13.0 Å². The van der Waals surface area contributed by atoms with Crippen LogP contribution in [-0.4, -0.2) is 6.54 Å². The third kappa shape index (κ3) is 4.80. The van der Waals surface area contributed by atoms with E-state index < -0.39 is 0 Å². The fraction of sp³-hybridized carbons (Fsp3) is 0.250. The molecule has 0 aliphatic heterocycles. The summed E-state index contributed by atoms with van der Waals surface area (Å²) in [6.07, 6.45) is 1.11. The van der Waals surface area contributed by atoms with E-state index in [0.717, 1.165) is 24.0 Å². The highest BCUT2D eigenvalue weighted by Gasteiger charge is 2.06. The van der Waals surface area contributed by atoms with Gasteiger partial charge in [-0.3, -0.25) is 0 Å². The van der Waals surface area contributed by atoms with Gasteiger partial charge in [0.05, 0.1) is 8.95 Å². The van der Waals surface area contributed by atoms with Crippen molar-refractivity contribution in [3.63, 3.8) is 0 Å². The molecule has 0 aromatic heterocycles. The number of hydrogen-bond acceptors (Lipinski definition) is 2. The van der Waals surface area contributed by atoms with Crippen LogP contribution in [0.15, 0.2) is 45.3 Å². The Morgan fingerprint density at radius 2 is 1.90 bits per heavy atom. The molecular formula is C16H16Br2FNO. The molecule has 2 aromatic rings. The number of ether oxygens (including phenoxy) is 1. The molecule has 0 amide bonds. The maximum atomic E-state index is 13.2. The molecule has 0 aliphatic carbocycles. The Hall–Kier alpha value is -0.910. The van der Waals surface area contributed by atoms with Gasteiger partial charge in [0.2, 0.25) is 0 Å². The normalized spacial score (nSPS) is 10.7. The minimum Gasteiger partial charge on any atom is -0.456 e. The predicted molar refractivity (Wildman–Crippen MR) is 90.3 cm³/mol. The van der Waals surface area contributed by atoms with Crippen molar-refractivity contribution in [2.24, 2.45) is 0 Å². The monoisotopic (exact) mass is 415 g/mol. The molecule has 0 spiro atoms. The van der Waals surface area contributed by atoms with E-state index in [1.54, 1.807) is 12.1 Å². The number of rotatable bonds is 6. The van der Waals surface area contributed by atoms with Crippen LogP contribution >= 0.6 is 31.9 Å². The molecule has 0 heterocycles. The summed E-state index contributed by atoms with van der Waals surface area (Å²) in [5.41, 5.74) is 1.18. The fourth-order valence-corrected chi connectivity index (χ4v) is 2.68. The summed E-state index contributed by atoms with van der Waals surface area (Å²) >= 11 is 6.66. The molecule has 1 N–H and O–H groups in total. The van der Waals surface area contributed by atoms with E-state index in [0.29, 0.717) is 16.0 Å². The summed E-state index contributed by atoms with van der Waals surface area (Å²) in [7, 11) is 0. The first-order valence-corrected chi connectivity index (χ1v) is 8.31. The van der Waals surface area contributed by atoms with Crippen LogP contribution in [0, 0.1) is 5.82 Å². The highest BCUT2D eigenvalue weighted by molar-refractivity contribution is 9.10. The van der Waals surface area contributed by atoms with Crippen LogP contribution in [0.1, 0.15) is 18.9 Å². The van der Waals surface area contributed by atoms with Crippen LogP contribution in [0.5, 0.6) is 11.5 Å². The molecule has 21 heavy (non-hydrogen) atoms. The van der Waals surface area contributed by atoms with Crippen molar-refractivity contribution in [3.8, 4) is 11.5 Å². The molecule has 0 saturated carbocycles. The van der Waals surface area contributed by atoms with Crippen LogP contribution < -0.4 is 10.1 Å². The van der Waals surface area contributed by atoms with Crippen molar-refractivity contribution in [3.05, 3.63) is 56.7 Å². The van der Waals surface area contributed by atoms with E-state index >= 15 is 0 Å². The van der Waals surface area contributed by atoms with E-state index in [9.17, 15) is 4.39 Å². The number of halogens is 3. The Morgan fingerprint density at radius 3 is 2.57 bits per heavy atom. The van der Waals surface area contributed by atoms with Crippen molar-refractivity contribution < 1.29 is 9.13 Å². The van der Waals surface area contributed by atoms with Gasteiger partial charge in [0.25, 0.3) is 0 Å². The van der Waals surface area contributed by atoms with E-state index in [-0.39, 0.29) is 5.82 Å². The summed E-state index contributed by atoms with van der Waals surface area (Å²) in [6, 6.07) is 10.5. The third-order valence-electron chi connectivity index (χ3n) is 2.87. The summed E-state index contributed by atoms with van der Waals surface area (Å²) in [4.78, 5) is 0. The van der Waals surface area contributed by atoms with Crippen molar-refractivity contribution in [2.75, 3.05) is 6.54 Å². The van der Waals surface area contributed by atoms with Gasteiger partial charge in [-0.2, -0.15) is 0 Å². The fourth-order valence-electron chi connectivity index (χ4n) is 1.81. The molecule has 0 fully saturated rings. The van der Waals surface area contributed by atoms with Crippen molar-refractivity contribution in [1.82, 2.24) is 5.32 Å². The average molecular weight is 417 g/mol. The Labute approximate surface area is 141 Å². The number of nitrogens with one attached hydrogen (secondary N) is 1. The Balaban J connectivity index is 2.08. The molecule has 2 aromatic carbocycles. The minimum absolute atomic E-state index is 0.307. The van der Waals surface area contributed by atoms with Crippen LogP contribution in [0.3, 0.4) is 0 Å². The topological polar surface area (TPSA) is 21.3 Å². The highest BCUT2D eigenvalue weighted by atomic mass is 79.9. The van der Waals surface area contributed by atoms with Gasteiger partial charge < -0.3 is 10.1 Å². The molecule has 0 radical (unpaired) electrons. The zero-order valence-electron chi connectivity index (χ0n) is 11.6. The van der Waals surface area contributed by atoms with Crippen LogP contribution in [0.4, 0.5) is 4.39 Å². The van der Waals surface area contributed by atoms with Crippen molar-refractivity contribution in [2.45, 2.75) is 19.9 Å². The number of hydrogen-bond donors (Lipinski definition) is 1. The second-order valence-corrected chi connectivity index (χ2v) is 6.33. The predicted octanol–water partition coefficient (Wildman–Crippen LogP) is 5.64. The van der Waals surface area contributed by atoms with Gasteiger partial charge >= 0.3 is 0 Å². The van der Waals surface area contributed by atoms with E-state index in [2.05, 4.69) is 44.1 Å². The zero-order valence-corrected chi connectivity index (χ0v) is 14.8. The molecule has 5 heteroatoms. The van der Waals surface area contributed by atoms with Gasteiger partial charge in [-0.15, -0.1) is 0 Å². The summed E-state index contributed by atoms with van der Waals surface area (Å²) in [5, 5.41) is 3.35. The van der Waals surface area contributed by atoms with E-state index in [1.165, 1.54) is 11.6 Å². The van der Waals surface area contributed by atoms with Gasteiger partial charge in [-0.25, -0.2) is 4.39 Å². The lowest BCUT2D eigenvalue weighted by Gasteiger charge is -2.10. The molecule has 0 saturated heterocycles. The van der Waals surface area contributed by atoms with Crippen LogP contribution in [0.2, 0.25) is 0 Å². The smallest absolute Gasteiger partial charge is 0.141 e. The molecule has 112 valence electrons. The van der Waals surface area contributed by atoms with Gasteiger partial charge in [0.1, 0.15) is 17.3 Å². The summed E-state index contributed by atoms with van der Waals surface area (Å²) in [6.45, 7) is 3.97. The molecule has 2 rings (SSSR count). The Morgan fingerprint density at radius 1 is 1.10 bits per heavy atom. The lowest BCUT2D eigenvalue weighted by atomic mass is 10.2. The van der Waals surface area contributed by atoms with Crippen LogP contribution in [-0.2, 0) is 6.54 Å². The summed E-state index contributed by atoms with van der Waals surface area (Å²) < 4.78 is 20.2. The second-order valence-electron chi connectivity index (χ2n) is 4.62.